The van der Waals surface area contributed by atoms with E-state index in [0.717, 1.165) is 22.1 Å². The van der Waals surface area contributed by atoms with E-state index in [9.17, 15) is 4.79 Å². The van der Waals surface area contributed by atoms with Crippen LogP contribution >= 0.6 is 27.3 Å². The number of amides is 1. The summed E-state index contributed by atoms with van der Waals surface area (Å²) in [6.07, 6.45) is 0.754. The molecule has 0 aliphatic carbocycles. The van der Waals surface area contributed by atoms with Gasteiger partial charge in [-0.25, -0.2) is 0 Å². The number of likely N-dealkylation sites (N-methyl/N-ethyl adjacent to an activating group) is 1. The van der Waals surface area contributed by atoms with Gasteiger partial charge in [-0.15, -0.1) is 11.3 Å². The molecule has 1 aromatic heterocycles. The van der Waals surface area contributed by atoms with Crippen LogP contribution in [0.1, 0.15) is 16.4 Å². The van der Waals surface area contributed by atoms with Crippen molar-refractivity contribution in [3.8, 4) is 0 Å². The van der Waals surface area contributed by atoms with Crippen LogP contribution in [0, 0.1) is 0 Å². The van der Waals surface area contributed by atoms with E-state index in [2.05, 4.69) is 22.0 Å². The number of nitrogens with zero attached hydrogens (tertiary/aromatic N) is 1. The number of carbonyl (C=O) groups is 1. The van der Waals surface area contributed by atoms with Crippen LogP contribution < -0.4 is 10.6 Å². The Morgan fingerprint density at radius 3 is 2.95 bits per heavy atom. The summed E-state index contributed by atoms with van der Waals surface area (Å²) in [4.78, 5) is 15.3. The van der Waals surface area contributed by atoms with Crippen LogP contribution in [0.4, 0.5) is 11.4 Å². The van der Waals surface area contributed by atoms with Crippen LogP contribution in [0.15, 0.2) is 34.1 Å². The molecule has 0 bridgehead atoms. The van der Waals surface area contributed by atoms with Gasteiger partial charge in [0.1, 0.15) is 0 Å². The van der Waals surface area contributed by atoms with E-state index < -0.39 is 0 Å². The molecule has 0 saturated carbocycles. The van der Waals surface area contributed by atoms with Gasteiger partial charge in [0.25, 0.3) is 0 Å². The third-order valence-corrected chi connectivity index (χ3v) is 5.08. The van der Waals surface area contributed by atoms with Crippen molar-refractivity contribution in [2.24, 2.45) is 0 Å². The minimum Gasteiger partial charge on any atom is -0.398 e. The lowest BCUT2D eigenvalue weighted by molar-refractivity contribution is -0.119. The lowest BCUT2D eigenvalue weighted by Crippen LogP contribution is -2.24. The molecule has 3 nitrogen and oxygen atoms in total. The van der Waals surface area contributed by atoms with E-state index in [1.165, 1.54) is 4.88 Å². The molecular formula is C14H13BrN2OS. The van der Waals surface area contributed by atoms with E-state index in [1.54, 1.807) is 16.2 Å². The van der Waals surface area contributed by atoms with Gasteiger partial charge in [-0.1, -0.05) is 6.07 Å². The highest BCUT2D eigenvalue weighted by atomic mass is 79.9. The molecule has 2 aromatic rings. The molecule has 1 aliphatic rings. The van der Waals surface area contributed by atoms with E-state index >= 15 is 0 Å². The highest BCUT2D eigenvalue weighted by Crippen LogP contribution is 2.42. The van der Waals surface area contributed by atoms with Crippen LogP contribution in [0.25, 0.3) is 0 Å². The normalized spacial score (nSPS) is 17.9. The van der Waals surface area contributed by atoms with Crippen molar-refractivity contribution in [2.75, 3.05) is 17.7 Å². The molecule has 1 atom stereocenters. The summed E-state index contributed by atoms with van der Waals surface area (Å²) in [6.45, 7) is 0. The molecule has 3 rings (SSSR count). The highest BCUT2D eigenvalue weighted by Gasteiger charge is 2.35. The summed E-state index contributed by atoms with van der Waals surface area (Å²) in [5.41, 5.74) is 8.54. The predicted molar refractivity (Wildman–Crippen MR) is 82.7 cm³/mol. The van der Waals surface area contributed by atoms with Crippen molar-refractivity contribution in [1.82, 2.24) is 0 Å². The molecule has 2 N–H and O–H groups in total. The number of anilines is 2. The Bertz CT molecular complexity index is 639. The maximum Gasteiger partial charge on any atom is 0.234 e. The van der Waals surface area contributed by atoms with E-state index in [4.69, 9.17) is 5.73 Å². The second-order valence-electron chi connectivity index (χ2n) is 4.67. The summed E-state index contributed by atoms with van der Waals surface area (Å²) in [6, 6.07) is 7.93. The van der Waals surface area contributed by atoms with Crippen LogP contribution in [0.5, 0.6) is 0 Å². The van der Waals surface area contributed by atoms with Gasteiger partial charge in [0, 0.05) is 27.8 Å². The van der Waals surface area contributed by atoms with Crippen LogP contribution in [0.3, 0.4) is 0 Å². The summed E-state index contributed by atoms with van der Waals surface area (Å²) in [5, 5.41) is 2.04. The topological polar surface area (TPSA) is 46.3 Å². The number of hydrogen-bond acceptors (Lipinski definition) is 3. The molecule has 1 aromatic carbocycles. The Labute approximate surface area is 124 Å². The fraction of sp³-hybridized carbons (Fsp3) is 0.214. The first-order valence-corrected chi connectivity index (χ1v) is 7.64. The number of hydrogen-bond donors (Lipinski definition) is 1. The monoisotopic (exact) mass is 336 g/mol. The molecule has 0 radical (unpaired) electrons. The number of halogens is 1. The first-order chi connectivity index (χ1) is 9.08. The third kappa shape index (κ3) is 2.07. The van der Waals surface area contributed by atoms with Gasteiger partial charge in [0.15, 0.2) is 0 Å². The zero-order valence-electron chi connectivity index (χ0n) is 10.4. The number of thiophene rings is 1. The quantitative estimate of drug-likeness (QED) is 0.854. The molecule has 1 aliphatic heterocycles. The number of nitrogens with two attached hydrogens (primary N) is 1. The van der Waals surface area contributed by atoms with Gasteiger partial charge >= 0.3 is 0 Å². The first-order valence-electron chi connectivity index (χ1n) is 5.97. The van der Waals surface area contributed by atoms with Crippen molar-refractivity contribution in [3.63, 3.8) is 0 Å². The van der Waals surface area contributed by atoms with Gasteiger partial charge < -0.3 is 10.6 Å². The van der Waals surface area contributed by atoms with E-state index in [1.807, 2.05) is 30.6 Å². The highest BCUT2D eigenvalue weighted by molar-refractivity contribution is 9.10. The molecule has 98 valence electrons. The second-order valence-corrected chi connectivity index (χ2v) is 6.55. The van der Waals surface area contributed by atoms with E-state index in [0.29, 0.717) is 5.69 Å². The summed E-state index contributed by atoms with van der Waals surface area (Å²) in [7, 11) is 1.81. The minimum atomic E-state index is -0.101. The number of benzene rings is 1. The molecule has 1 unspecified atom stereocenters. The largest absolute Gasteiger partial charge is 0.398 e. The summed E-state index contributed by atoms with van der Waals surface area (Å²) < 4.78 is 0.852. The molecule has 0 fully saturated rings. The van der Waals surface area contributed by atoms with Crippen LogP contribution in [-0.4, -0.2) is 13.0 Å². The van der Waals surface area contributed by atoms with Crippen LogP contribution in [0.2, 0.25) is 0 Å². The Kier molecular flexibility index (Phi) is 3.11. The second kappa shape index (κ2) is 4.65. The van der Waals surface area contributed by atoms with Gasteiger partial charge in [0.05, 0.1) is 5.92 Å². The molecule has 0 spiro atoms. The Hall–Kier alpha value is -1.33. The Balaban J connectivity index is 2.04. The number of carbonyl (C=O) groups excluding carboxylic acids is 1. The Morgan fingerprint density at radius 1 is 1.47 bits per heavy atom. The molecular weight excluding hydrogens is 324 g/mol. The lowest BCUT2D eigenvalue weighted by Gasteiger charge is -2.10. The lowest BCUT2D eigenvalue weighted by atomic mass is 9.96. The molecule has 2 heterocycles. The SMILES string of the molecule is CN1C(=O)C(Cc2cccs2)c2cc(Br)c(N)cc21. The number of rotatable bonds is 2. The first kappa shape index (κ1) is 12.7. The zero-order valence-corrected chi connectivity index (χ0v) is 12.8. The van der Waals surface area contributed by atoms with Gasteiger partial charge in [-0.2, -0.15) is 0 Å². The van der Waals surface area contributed by atoms with Gasteiger partial charge in [-0.05, 0) is 51.5 Å². The zero-order chi connectivity index (χ0) is 13.6. The maximum atomic E-state index is 12.4. The van der Waals surface area contributed by atoms with Crippen molar-refractivity contribution in [3.05, 3.63) is 44.6 Å². The van der Waals surface area contributed by atoms with Gasteiger partial charge in [0.2, 0.25) is 5.91 Å². The van der Waals surface area contributed by atoms with Crippen molar-refractivity contribution in [2.45, 2.75) is 12.3 Å². The van der Waals surface area contributed by atoms with Gasteiger partial charge in [-0.3, -0.25) is 4.79 Å². The molecule has 19 heavy (non-hydrogen) atoms. The fourth-order valence-electron chi connectivity index (χ4n) is 2.48. The third-order valence-electron chi connectivity index (χ3n) is 3.50. The van der Waals surface area contributed by atoms with Crippen molar-refractivity contribution < 1.29 is 4.79 Å². The van der Waals surface area contributed by atoms with Crippen molar-refractivity contribution in [1.29, 1.82) is 0 Å². The summed E-state index contributed by atoms with van der Waals surface area (Å²) in [5.74, 6) is 0.0384. The average molecular weight is 337 g/mol. The molecule has 1 amide bonds. The predicted octanol–water partition coefficient (Wildman–Crippen LogP) is 3.40. The standard InChI is InChI=1S/C14H13BrN2OS/c1-17-13-7-12(16)11(15)6-9(13)10(14(17)18)5-8-3-2-4-19-8/h2-4,6-7,10H,5,16H2,1H3. The summed E-state index contributed by atoms with van der Waals surface area (Å²) >= 11 is 5.13. The molecule has 0 saturated heterocycles. The maximum absolute atomic E-state index is 12.4. The smallest absolute Gasteiger partial charge is 0.234 e. The van der Waals surface area contributed by atoms with Crippen molar-refractivity contribution >= 4 is 44.5 Å². The number of fused-ring (bicyclic) bond motifs is 1. The Morgan fingerprint density at radius 2 is 2.26 bits per heavy atom. The van der Waals surface area contributed by atoms with Crippen LogP contribution in [-0.2, 0) is 11.2 Å². The minimum absolute atomic E-state index is 0.101. The number of nitrogen functional groups attached to an aromatic ring is 1. The fourth-order valence-corrected chi connectivity index (χ4v) is 3.59. The van der Waals surface area contributed by atoms with E-state index in [-0.39, 0.29) is 11.8 Å². The average Bonchev–Trinajstić information content (AvgIpc) is 2.96. The molecule has 5 heteroatoms.